The van der Waals surface area contributed by atoms with Crippen molar-refractivity contribution in [1.29, 1.82) is 0 Å². The fourth-order valence-corrected chi connectivity index (χ4v) is 10.1. The maximum absolute atomic E-state index is 12.7. The number of hydrogen-bond donors (Lipinski definition) is 0. The summed E-state index contributed by atoms with van der Waals surface area (Å²) in [6.07, 6.45) is 33.1. The average molecular weight is 973 g/mol. The SMILES string of the molecule is CCCCCCCCCCCCCCSCC(C)C(=O)OCCOC(=O)CCN(CCCN1CCN(C)CC1)CCC(=O)OCCOC(=O)C(C)SCCCCCCCCCCCCCC. The average Bonchev–Trinajstić information content (AvgIpc) is 3.31. The molecule has 1 aliphatic rings. The number of likely N-dealkylation sites (N-methyl/N-ethyl adjacent to an activating group) is 1. The van der Waals surface area contributed by atoms with Gasteiger partial charge in [0, 0.05) is 45.0 Å². The van der Waals surface area contributed by atoms with Crippen molar-refractivity contribution in [3.05, 3.63) is 0 Å². The Hall–Kier alpha value is -1.54. The Morgan fingerprint density at radius 3 is 1.38 bits per heavy atom. The molecule has 2 unspecified atom stereocenters. The summed E-state index contributed by atoms with van der Waals surface area (Å²) in [6.45, 7) is 15.3. The second-order valence-electron chi connectivity index (χ2n) is 18.9. The molecule has 66 heavy (non-hydrogen) atoms. The fourth-order valence-electron chi connectivity index (χ4n) is 8.07. The van der Waals surface area contributed by atoms with Crippen LogP contribution in [0.15, 0.2) is 0 Å². The highest BCUT2D eigenvalue weighted by Crippen LogP contribution is 2.18. The molecule has 388 valence electrons. The summed E-state index contributed by atoms with van der Waals surface area (Å²) in [7, 11) is 2.15. The first-order chi connectivity index (χ1) is 32.2. The number of hydrogen-bond acceptors (Lipinski definition) is 13. The predicted octanol–water partition coefficient (Wildman–Crippen LogP) is 11.8. The summed E-state index contributed by atoms with van der Waals surface area (Å²) in [6, 6.07) is 0. The van der Waals surface area contributed by atoms with E-state index in [9.17, 15) is 19.2 Å². The van der Waals surface area contributed by atoms with Gasteiger partial charge in [-0.05, 0) is 57.8 Å². The van der Waals surface area contributed by atoms with E-state index in [-0.39, 0.29) is 74.3 Å². The van der Waals surface area contributed by atoms with Crippen molar-refractivity contribution in [2.75, 3.05) is 103 Å². The first kappa shape index (κ1) is 62.5. The van der Waals surface area contributed by atoms with E-state index < -0.39 is 0 Å². The lowest BCUT2D eigenvalue weighted by molar-refractivity contribution is -0.154. The van der Waals surface area contributed by atoms with Gasteiger partial charge in [-0.25, -0.2) is 0 Å². The van der Waals surface area contributed by atoms with Crippen molar-refractivity contribution >= 4 is 47.4 Å². The van der Waals surface area contributed by atoms with E-state index in [1.807, 2.05) is 25.6 Å². The molecule has 0 saturated carbocycles. The third-order valence-corrected chi connectivity index (χ3v) is 15.1. The molecule has 1 rings (SSSR count). The minimum absolute atomic E-state index is 0.0259. The van der Waals surface area contributed by atoms with E-state index >= 15 is 0 Å². The molecule has 0 amide bonds. The summed E-state index contributed by atoms with van der Waals surface area (Å²) in [4.78, 5) is 57.3. The Morgan fingerprint density at radius 1 is 0.500 bits per heavy atom. The highest BCUT2D eigenvalue weighted by Gasteiger charge is 2.18. The number of ether oxygens (including phenoxy) is 4. The summed E-state index contributed by atoms with van der Waals surface area (Å²) in [5.41, 5.74) is 0. The van der Waals surface area contributed by atoms with Gasteiger partial charge in [0.1, 0.15) is 26.4 Å². The Bertz CT molecular complexity index is 1160. The van der Waals surface area contributed by atoms with Crippen LogP contribution in [-0.4, -0.2) is 147 Å². The van der Waals surface area contributed by atoms with Crippen LogP contribution in [0.25, 0.3) is 0 Å². The van der Waals surface area contributed by atoms with Crippen LogP contribution < -0.4 is 0 Å². The molecule has 1 heterocycles. The Kier molecular flexibility index (Phi) is 43.4. The third kappa shape index (κ3) is 39.3. The third-order valence-electron chi connectivity index (χ3n) is 12.6. The second-order valence-corrected chi connectivity index (χ2v) is 21.5. The van der Waals surface area contributed by atoms with Gasteiger partial charge in [0.05, 0.1) is 24.0 Å². The lowest BCUT2D eigenvalue weighted by Crippen LogP contribution is -2.45. The smallest absolute Gasteiger partial charge is 0.318 e. The van der Waals surface area contributed by atoms with Gasteiger partial charge in [0.25, 0.3) is 0 Å². The molecule has 11 nitrogen and oxygen atoms in total. The van der Waals surface area contributed by atoms with Crippen molar-refractivity contribution in [3.8, 4) is 0 Å². The standard InChI is InChI=1S/C53H101N3O8S2/c1-6-8-10-12-14-16-18-20-22-24-26-28-45-65-47-48(3)52(59)63-43-41-61-50(57)31-35-55(33-30-34-56-39-37-54(5)38-40-56)36-32-51(58)62-42-44-64-53(60)49(4)66-46-29-27-25-23-21-19-17-15-13-11-9-7-2/h48-49H,6-47H2,1-5H3. The highest BCUT2D eigenvalue weighted by molar-refractivity contribution is 8.00. The lowest BCUT2D eigenvalue weighted by atomic mass is 10.1. The van der Waals surface area contributed by atoms with Crippen LogP contribution in [0.3, 0.4) is 0 Å². The van der Waals surface area contributed by atoms with Crippen LogP contribution in [-0.2, 0) is 38.1 Å². The number of thioether (sulfide) groups is 2. The molecule has 1 saturated heterocycles. The molecule has 0 aromatic carbocycles. The van der Waals surface area contributed by atoms with E-state index in [1.165, 1.54) is 148 Å². The number of carbonyl (C=O) groups excluding carboxylic acids is 4. The lowest BCUT2D eigenvalue weighted by Gasteiger charge is -2.33. The van der Waals surface area contributed by atoms with Crippen LogP contribution in [0.5, 0.6) is 0 Å². The second kappa shape index (κ2) is 45.9. The number of rotatable bonds is 47. The summed E-state index contributed by atoms with van der Waals surface area (Å²) >= 11 is 3.45. The van der Waals surface area contributed by atoms with E-state index in [0.29, 0.717) is 13.1 Å². The van der Waals surface area contributed by atoms with Crippen molar-refractivity contribution in [1.82, 2.24) is 14.7 Å². The molecule has 2 atom stereocenters. The van der Waals surface area contributed by atoms with E-state index in [4.69, 9.17) is 18.9 Å². The van der Waals surface area contributed by atoms with E-state index in [2.05, 4.69) is 35.6 Å². The predicted molar refractivity (Wildman–Crippen MR) is 279 cm³/mol. The minimum Gasteiger partial charge on any atom is -0.462 e. The molecule has 0 aromatic rings. The molecule has 0 N–H and O–H groups in total. The topological polar surface area (TPSA) is 115 Å². The summed E-state index contributed by atoms with van der Waals surface area (Å²) in [5.74, 6) is 1.32. The van der Waals surface area contributed by atoms with Crippen molar-refractivity contribution < 1.29 is 38.1 Å². The van der Waals surface area contributed by atoms with Gasteiger partial charge >= 0.3 is 23.9 Å². The number of carbonyl (C=O) groups is 4. The molecule has 0 aromatic heterocycles. The normalized spacial score (nSPS) is 14.3. The van der Waals surface area contributed by atoms with Gasteiger partial charge in [-0.15, -0.1) is 11.8 Å². The van der Waals surface area contributed by atoms with Crippen molar-refractivity contribution in [3.63, 3.8) is 0 Å². The zero-order valence-corrected chi connectivity index (χ0v) is 44.9. The Balaban J connectivity index is 2.22. The molecule has 0 radical (unpaired) electrons. The van der Waals surface area contributed by atoms with Gasteiger partial charge in [-0.1, -0.05) is 162 Å². The highest BCUT2D eigenvalue weighted by atomic mass is 32.2. The Labute approximate surface area is 413 Å². The quantitative estimate of drug-likeness (QED) is 0.0328. The van der Waals surface area contributed by atoms with E-state index in [1.54, 1.807) is 11.8 Å². The van der Waals surface area contributed by atoms with Crippen molar-refractivity contribution in [2.45, 2.75) is 206 Å². The number of nitrogens with zero attached hydrogens (tertiary/aromatic N) is 3. The monoisotopic (exact) mass is 972 g/mol. The maximum Gasteiger partial charge on any atom is 0.318 e. The minimum atomic E-state index is -0.356. The van der Waals surface area contributed by atoms with E-state index in [0.717, 1.165) is 69.4 Å². The van der Waals surface area contributed by atoms with Crippen LogP contribution in [0.2, 0.25) is 0 Å². The molecule has 13 heteroatoms. The van der Waals surface area contributed by atoms with Gasteiger partial charge < -0.3 is 33.6 Å². The largest absolute Gasteiger partial charge is 0.462 e. The van der Waals surface area contributed by atoms with Crippen LogP contribution in [0.4, 0.5) is 0 Å². The van der Waals surface area contributed by atoms with Crippen LogP contribution >= 0.6 is 23.5 Å². The molecular formula is C53H101N3O8S2. The molecule has 0 bridgehead atoms. The molecule has 1 aliphatic heterocycles. The summed E-state index contributed by atoms with van der Waals surface area (Å²) in [5, 5.41) is -0.244. The van der Waals surface area contributed by atoms with Gasteiger partial charge in [-0.2, -0.15) is 11.8 Å². The van der Waals surface area contributed by atoms with Gasteiger partial charge in [0.15, 0.2) is 0 Å². The fraction of sp³-hybridized carbons (Fsp3) is 0.925. The molecule has 0 spiro atoms. The first-order valence-corrected chi connectivity index (χ1v) is 29.3. The first-order valence-electron chi connectivity index (χ1n) is 27.1. The number of piperazine rings is 1. The number of esters is 4. The van der Waals surface area contributed by atoms with Crippen LogP contribution in [0, 0.1) is 5.92 Å². The molecule has 1 fully saturated rings. The van der Waals surface area contributed by atoms with Crippen molar-refractivity contribution in [2.24, 2.45) is 5.92 Å². The van der Waals surface area contributed by atoms with Gasteiger partial charge in [-0.3, -0.25) is 19.2 Å². The zero-order chi connectivity index (χ0) is 48.1. The zero-order valence-electron chi connectivity index (χ0n) is 43.3. The van der Waals surface area contributed by atoms with Gasteiger partial charge in [0.2, 0.25) is 0 Å². The number of unbranched alkanes of at least 4 members (excludes halogenated alkanes) is 22. The molecule has 0 aliphatic carbocycles. The Morgan fingerprint density at radius 2 is 0.909 bits per heavy atom. The van der Waals surface area contributed by atoms with Crippen LogP contribution in [0.1, 0.15) is 201 Å². The maximum atomic E-state index is 12.7. The summed E-state index contributed by atoms with van der Waals surface area (Å²) < 4.78 is 21.6. The molecular weight excluding hydrogens is 871 g/mol.